The molecule has 0 saturated carbocycles. The number of ether oxygens (including phenoxy) is 1. The van der Waals surface area contributed by atoms with E-state index in [2.05, 4.69) is 0 Å². The van der Waals surface area contributed by atoms with Crippen molar-refractivity contribution >= 4 is 34.4 Å². The van der Waals surface area contributed by atoms with Crippen LogP contribution in [0.25, 0.3) is 11.0 Å². The van der Waals surface area contributed by atoms with Gasteiger partial charge < -0.3 is 9.15 Å². The molecule has 3 rings (SSSR count). The lowest BCUT2D eigenvalue weighted by molar-refractivity contribution is -0.387. The van der Waals surface area contributed by atoms with Gasteiger partial charge in [0, 0.05) is 23.1 Å². The minimum absolute atomic E-state index is 0.0730. The Morgan fingerprint density at radius 1 is 1.21 bits per heavy atom. The highest BCUT2D eigenvalue weighted by Gasteiger charge is 2.18. The standard InChI is InChI=1S/C20H17NO6S/c1-11-4-6-15-14(9-18(22)27-19(15)12(11)2)10-26-20(23)13-5-7-17(28-3)16(8-13)21(24)25/h4-9H,10H2,1-3H3. The number of esters is 1. The zero-order chi connectivity index (χ0) is 20.4. The van der Waals surface area contributed by atoms with E-state index in [1.165, 1.54) is 36.0 Å². The molecule has 28 heavy (non-hydrogen) atoms. The Kier molecular flexibility index (Phi) is 5.51. The van der Waals surface area contributed by atoms with E-state index in [9.17, 15) is 19.7 Å². The van der Waals surface area contributed by atoms with Crippen LogP contribution in [0.4, 0.5) is 5.69 Å². The number of benzene rings is 2. The highest BCUT2D eigenvalue weighted by Crippen LogP contribution is 2.29. The quantitative estimate of drug-likeness (QED) is 0.206. The summed E-state index contributed by atoms with van der Waals surface area (Å²) in [5.41, 5.74) is 2.17. The molecule has 0 saturated heterocycles. The summed E-state index contributed by atoms with van der Waals surface area (Å²) in [5, 5.41) is 11.9. The fourth-order valence-corrected chi connectivity index (χ4v) is 3.38. The van der Waals surface area contributed by atoms with Crippen molar-refractivity contribution < 1.29 is 18.9 Å². The predicted molar refractivity (Wildman–Crippen MR) is 106 cm³/mol. The summed E-state index contributed by atoms with van der Waals surface area (Å²) in [6, 6.07) is 9.17. The molecule has 0 bridgehead atoms. The number of rotatable bonds is 5. The third kappa shape index (κ3) is 3.77. The molecule has 144 valence electrons. The Balaban J connectivity index is 1.90. The molecular weight excluding hydrogens is 382 g/mol. The Morgan fingerprint density at radius 2 is 1.96 bits per heavy atom. The monoisotopic (exact) mass is 399 g/mol. The van der Waals surface area contributed by atoms with Crippen LogP contribution in [0.15, 0.2) is 50.5 Å². The smallest absolute Gasteiger partial charge is 0.338 e. The van der Waals surface area contributed by atoms with Gasteiger partial charge in [0.2, 0.25) is 0 Å². The van der Waals surface area contributed by atoms with Gasteiger partial charge in [0.15, 0.2) is 0 Å². The molecule has 2 aromatic carbocycles. The van der Waals surface area contributed by atoms with Crippen molar-refractivity contribution in [3.8, 4) is 0 Å². The van der Waals surface area contributed by atoms with E-state index in [1.807, 2.05) is 26.0 Å². The lowest BCUT2D eigenvalue weighted by Crippen LogP contribution is -2.09. The summed E-state index contributed by atoms with van der Waals surface area (Å²) in [6.07, 6.45) is 1.72. The third-order valence-electron chi connectivity index (χ3n) is 4.49. The van der Waals surface area contributed by atoms with E-state index in [0.717, 1.165) is 11.1 Å². The SMILES string of the molecule is CSc1ccc(C(=O)OCc2cc(=O)oc3c(C)c(C)ccc23)cc1[N+](=O)[O-]. The number of hydrogen-bond donors (Lipinski definition) is 0. The van der Waals surface area contributed by atoms with E-state index in [-0.39, 0.29) is 17.9 Å². The van der Waals surface area contributed by atoms with Gasteiger partial charge >= 0.3 is 11.6 Å². The summed E-state index contributed by atoms with van der Waals surface area (Å²) in [4.78, 5) is 35.4. The van der Waals surface area contributed by atoms with Crippen molar-refractivity contribution in [3.05, 3.63) is 79.2 Å². The molecule has 0 unspecified atom stereocenters. The first-order valence-corrected chi connectivity index (χ1v) is 9.56. The van der Waals surface area contributed by atoms with Crippen LogP contribution in [-0.4, -0.2) is 17.1 Å². The van der Waals surface area contributed by atoms with Gasteiger partial charge in [-0.05, 0) is 43.4 Å². The lowest BCUT2D eigenvalue weighted by atomic mass is 10.0. The molecule has 8 heteroatoms. The second kappa shape index (κ2) is 7.85. The molecule has 0 aliphatic rings. The summed E-state index contributed by atoms with van der Waals surface area (Å²) in [7, 11) is 0. The van der Waals surface area contributed by atoms with Gasteiger partial charge in [-0.2, -0.15) is 0 Å². The maximum Gasteiger partial charge on any atom is 0.338 e. The van der Waals surface area contributed by atoms with Gasteiger partial charge in [-0.15, -0.1) is 11.8 Å². The maximum absolute atomic E-state index is 12.4. The third-order valence-corrected chi connectivity index (χ3v) is 5.27. The fourth-order valence-electron chi connectivity index (χ4n) is 2.83. The van der Waals surface area contributed by atoms with Crippen molar-refractivity contribution in [1.82, 2.24) is 0 Å². The van der Waals surface area contributed by atoms with Crippen molar-refractivity contribution in [3.63, 3.8) is 0 Å². The van der Waals surface area contributed by atoms with E-state index in [4.69, 9.17) is 9.15 Å². The number of nitro benzene ring substituents is 1. The van der Waals surface area contributed by atoms with Crippen LogP contribution in [0.1, 0.15) is 27.0 Å². The number of hydrogen-bond acceptors (Lipinski definition) is 7. The van der Waals surface area contributed by atoms with Crippen LogP contribution in [0.2, 0.25) is 0 Å². The number of carbonyl (C=O) groups excluding carboxylic acids is 1. The van der Waals surface area contributed by atoms with E-state index in [1.54, 1.807) is 6.26 Å². The average molecular weight is 399 g/mol. The van der Waals surface area contributed by atoms with Crippen molar-refractivity contribution in [2.75, 3.05) is 6.26 Å². The summed E-state index contributed by atoms with van der Waals surface area (Å²) < 4.78 is 10.6. The van der Waals surface area contributed by atoms with Crippen LogP contribution < -0.4 is 5.63 Å². The first kappa shape index (κ1) is 19.6. The van der Waals surface area contributed by atoms with Gasteiger partial charge in [0.05, 0.1) is 15.4 Å². The topological polar surface area (TPSA) is 99.7 Å². The molecule has 0 aliphatic heterocycles. The molecule has 0 amide bonds. The number of fused-ring (bicyclic) bond motifs is 1. The molecule has 0 radical (unpaired) electrons. The second-order valence-electron chi connectivity index (χ2n) is 6.19. The number of carbonyl (C=O) groups is 1. The van der Waals surface area contributed by atoms with Gasteiger partial charge in [-0.1, -0.05) is 12.1 Å². The van der Waals surface area contributed by atoms with E-state index >= 15 is 0 Å². The largest absolute Gasteiger partial charge is 0.457 e. The van der Waals surface area contributed by atoms with Crippen molar-refractivity contribution in [1.29, 1.82) is 0 Å². The molecule has 1 heterocycles. The van der Waals surface area contributed by atoms with Gasteiger partial charge in [0.25, 0.3) is 5.69 Å². The number of nitro groups is 1. The van der Waals surface area contributed by atoms with Gasteiger partial charge in [0.1, 0.15) is 12.2 Å². The Labute approximate surface area is 164 Å². The van der Waals surface area contributed by atoms with Crippen LogP contribution in [-0.2, 0) is 11.3 Å². The number of nitrogens with zero attached hydrogens (tertiary/aromatic N) is 1. The fraction of sp³-hybridized carbons (Fsp3) is 0.200. The van der Waals surface area contributed by atoms with Gasteiger partial charge in [-0.25, -0.2) is 9.59 Å². The maximum atomic E-state index is 12.4. The normalized spacial score (nSPS) is 10.8. The molecule has 0 spiro atoms. The first-order valence-electron chi connectivity index (χ1n) is 8.34. The molecule has 0 fully saturated rings. The van der Waals surface area contributed by atoms with E-state index in [0.29, 0.717) is 21.4 Å². The first-order chi connectivity index (χ1) is 13.3. The van der Waals surface area contributed by atoms with Crippen molar-refractivity contribution in [2.24, 2.45) is 0 Å². The summed E-state index contributed by atoms with van der Waals surface area (Å²) in [6.45, 7) is 3.61. The molecule has 0 N–H and O–H groups in total. The summed E-state index contributed by atoms with van der Waals surface area (Å²) in [5.74, 6) is -0.707. The Morgan fingerprint density at radius 3 is 2.64 bits per heavy atom. The lowest BCUT2D eigenvalue weighted by Gasteiger charge is -2.10. The van der Waals surface area contributed by atoms with Gasteiger partial charge in [-0.3, -0.25) is 10.1 Å². The van der Waals surface area contributed by atoms with Crippen LogP contribution in [0.5, 0.6) is 0 Å². The molecule has 0 atom stereocenters. The Bertz CT molecular complexity index is 1150. The molecule has 3 aromatic rings. The minimum atomic E-state index is -0.707. The molecular formula is C20H17NO6S. The second-order valence-corrected chi connectivity index (χ2v) is 7.04. The highest BCUT2D eigenvalue weighted by atomic mass is 32.2. The predicted octanol–water partition coefficient (Wildman–Crippen LogP) is 4.40. The number of thioether (sulfide) groups is 1. The van der Waals surface area contributed by atoms with Crippen LogP contribution >= 0.6 is 11.8 Å². The van der Waals surface area contributed by atoms with Crippen LogP contribution in [0.3, 0.4) is 0 Å². The Hall–Kier alpha value is -3.13. The molecule has 7 nitrogen and oxygen atoms in total. The summed E-state index contributed by atoms with van der Waals surface area (Å²) >= 11 is 1.22. The highest BCUT2D eigenvalue weighted by molar-refractivity contribution is 7.98. The average Bonchev–Trinajstić information content (AvgIpc) is 2.68. The zero-order valence-electron chi connectivity index (χ0n) is 15.5. The zero-order valence-corrected chi connectivity index (χ0v) is 16.3. The molecule has 0 aliphatic carbocycles. The molecule has 1 aromatic heterocycles. The van der Waals surface area contributed by atoms with Crippen LogP contribution in [0, 0.1) is 24.0 Å². The van der Waals surface area contributed by atoms with Crippen molar-refractivity contribution in [2.45, 2.75) is 25.3 Å². The minimum Gasteiger partial charge on any atom is -0.457 e. The van der Waals surface area contributed by atoms with E-state index < -0.39 is 16.5 Å². The number of aryl methyl sites for hydroxylation is 2.